The number of likely N-dealkylation sites (tertiary alicyclic amines) is 1. The number of β-amino-alcohol motifs (C(OH)–C–C–N with tert-alkyl or cyclic N) is 1. The Bertz CT molecular complexity index is 711. The maximum Gasteiger partial charge on any atom is 0.411 e. The van der Waals surface area contributed by atoms with Gasteiger partial charge in [-0.25, -0.2) is 4.79 Å². The van der Waals surface area contributed by atoms with Crippen LogP contribution in [0, 0.1) is 0 Å². The molecule has 1 aliphatic heterocycles. The van der Waals surface area contributed by atoms with E-state index in [1.807, 2.05) is 0 Å². The largest absolute Gasteiger partial charge is 0.444 e. The lowest BCUT2D eigenvalue weighted by Crippen LogP contribution is -2.47. The van der Waals surface area contributed by atoms with Crippen LogP contribution in [0.4, 0.5) is 9.28 Å². The van der Waals surface area contributed by atoms with Crippen molar-refractivity contribution in [3.8, 4) is 0 Å². The van der Waals surface area contributed by atoms with Crippen molar-refractivity contribution in [2.24, 2.45) is 0 Å². The molecule has 1 saturated heterocycles. The minimum atomic E-state index is -1.70. The normalized spacial score (nSPS) is 22.6. The molecule has 2 amide bonds. The Balaban J connectivity index is 2.18. The minimum absolute atomic E-state index is 0.0309. The van der Waals surface area contributed by atoms with Gasteiger partial charge in [0.15, 0.2) is 0 Å². The monoisotopic (exact) mass is 402 g/mol. The lowest BCUT2D eigenvalue weighted by Gasteiger charge is -2.28. The number of rotatable bonds is 4. The minimum Gasteiger partial charge on any atom is -0.444 e. The van der Waals surface area contributed by atoms with E-state index in [0.717, 1.165) is 4.90 Å². The van der Waals surface area contributed by atoms with Crippen LogP contribution in [0.3, 0.4) is 0 Å². The Morgan fingerprint density at radius 2 is 2.11 bits per heavy atom. The summed E-state index contributed by atoms with van der Waals surface area (Å²) in [5, 5.41) is 20.1. The highest BCUT2D eigenvalue weighted by molar-refractivity contribution is 6.30. The Labute approximate surface area is 162 Å². The molecule has 7 nitrogen and oxygen atoms in total. The molecule has 0 radical (unpaired) electrons. The molecule has 1 heterocycles. The highest BCUT2D eigenvalue weighted by Crippen LogP contribution is 2.30. The number of aliphatic hydroxyl groups is 2. The molecule has 2 rings (SSSR count). The van der Waals surface area contributed by atoms with Crippen LogP contribution in [0.2, 0.25) is 5.02 Å². The van der Waals surface area contributed by atoms with Crippen molar-refractivity contribution in [3.63, 3.8) is 0 Å². The Morgan fingerprint density at radius 3 is 2.67 bits per heavy atom. The highest BCUT2D eigenvalue weighted by Gasteiger charge is 2.50. The average molecular weight is 403 g/mol. The van der Waals surface area contributed by atoms with Crippen molar-refractivity contribution < 1.29 is 29.0 Å². The van der Waals surface area contributed by atoms with Gasteiger partial charge in [0, 0.05) is 11.4 Å². The zero-order valence-corrected chi connectivity index (χ0v) is 16.2. The molecule has 0 bridgehead atoms. The van der Waals surface area contributed by atoms with Gasteiger partial charge >= 0.3 is 6.09 Å². The van der Waals surface area contributed by atoms with Gasteiger partial charge in [-0.2, -0.15) is 5.12 Å². The topological polar surface area (TPSA) is 90.3 Å². The summed E-state index contributed by atoms with van der Waals surface area (Å²) >= 11 is 5.86. The maximum absolute atomic E-state index is 14.5. The van der Waals surface area contributed by atoms with E-state index in [1.165, 1.54) is 6.07 Å². The van der Waals surface area contributed by atoms with Gasteiger partial charge in [-0.1, -0.05) is 28.2 Å². The highest BCUT2D eigenvalue weighted by atomic mass is 35.5. The second-order valence-corrected chi connectivity index (χ2v) is 8.14. The van der Waals surface area contributed by atoms with Crippen molar-refractivity contribution in [3.05, 3.63) is 34.9 Å². The first kappa shape index (κ1) is 21.4. The molecule has 27 heavy (non-hydrogen) atoms. The third kappa shape index (κ3) is 5.54. The number of aliphatic hydroxyl groups excluding tert-OH is 1. The van der Waals surface area contributed by atoms with E-state index in [4.69, 9.17) is 16.3 Å². The molecule has 1 aromatic rings. The summed E-state index contributed by atoms with van der Waals surface area (Å²) < 4.78 is 19.8. The number of nitrogens with zero attached hydrogens (tertiary/aromatic N) is 2. The van der Waals surface area contributed by atoms with E-state index < -0.39 is 35.9 Å². The van der Waals surface area contributed by atoms with Crippen molar-refractivity contribution >= 4 is 23.6 Å². The predicted octanol–water partition coefficient (Wildman–Crippen LogP) is 2.29. The predicted molar refractivity (Wildman–Crippen MR) is 96.5 cm³/mol. The zero-order valence-electron chi connectivity index (χ0n) is 15.5. The number of amides is 2. The number of carbonyl (C=O) groups excluding carboxylic acids is 2. The van der Waals surface area contributed by atoms with Gasteiger partial charge in [-0.3, -0.25) is 9.69 Å². The summed E-state index contributed by atoms with van der Waals surface area (Å²) in [5.41, 5.74) is -2.06. The van der Waals surface area contributed by atoms with Gasteiger partial charge in [0.25, 0.3) is 5.91 Å². The second kappa shape index (κ2) is 8.00. The van der Waals surface area contributed by atoms with E-state index in [9.17, 15) is 24.3 Å². The van der Waals surface area contributed by atoms with Crippen LogP contribution in [0.15, 0.2) is 24.3 Å². The van der Waals surface area contributed by atoms with Crippen LogP contribution in [-0.2, 0) is 16.1 Å². The molecule has 1 aliphatic rings. The fraction of sp³-hybridized carbons (Fsp3) is 0.556. The van der Waals surface area contributed by atoms with Crippen LogP contribution in [0.5, 0.6) is 0 Å². The van der Waals surface area contributed by atoms with Crippen molar-refractivity contribution in [1.29, 1.82) is 0 Å². The molecule has 9 heteroatoms. The third-order valence-corrected chi connectivity index (χ3v) is 4.31. The van der Waals surface area contributed by atoms with Gasteiger partial charge in [0.2, 0.25) is 0 Å². The first-order valence-electron chi connectivity index (χ1n) is 8.48. The first-order chi connectivity index (χ1) is 12.4. The lowest BCUT2D eigenvalue weighted by atomic mass is 10.0. The Hall–Kier alpha value is -1.90. The van der Waals surface area contributed by atoms with Gasteiger partial charge in [0.05, 0.1) is 19.7 Å². The van der Waals surface area contributed by atoms with Gasteiger partial charge in [-0.05, 0) is 38.5 Å². The molecular formula is C18H24ClFN2O5. The molecule has 150 valence electrons. The molecule has 0 unspecified atom stereocenters. The molecule has 0 spiro atoms. The molecular weight excluding hydrogens is 379 g/mol. The van der Waals surface area contributed by atoms with Crippen LogP contribution in [0.1, 0.15) is 32.8 Å². The molecule has 0 aliphatic carbocycles. The van der Waals surface area contributed by atoms with Crippen LogP contribution >= 0.6 is 11.6 Å². The molecule has 1 fully saturated rings. The zero-order chi connectivity index (χ0) is 20.4. The molecule has 2 atom stereocenters. The van der Waals surface area contributed by atoms with E-state index in [0.29, 0.717) is 10.6 Å². The molecule has 1 aromatic carbocycles. The summed E-state index contributed by atoms with van der Waals surface area (Å²) in [6.07, 6.45) is -1.15. The number of carbonyl (C=O) groups is 2. The summed E-state index contributed by atoms with van der Waals surface area (Å²) in [4.78, 5) is 26.0. The van der Waals surface area contributed by atoms with Crippen LogP contribution < -0.4 is 0 Å². The standard InChI is InChI=1S/C18H24ClFN2O5/c1-17(2,3)27-16(25)21-10-18(26,11-23)8-14(21)15(24)22(20)9-12-5-4-6-13(19)7-12/h4-7,14,23,26H,8-11H2,1-3H3/t14-,18-/m0/s1. The first-order valence-corrected chi connectivity index (χ1v) is 8.86. The number of hydrogen-bond donors (Lipinski definition) is 2. The van der Waals surface area contributed by atoms with Crippen molar-refractivity contribution in [1.82, 2.24) is 10.0 Å². The quantitative estimate of drug-likeness (QED) is 0.754. The van der Waals surface area contributed by atoms with Crippen LogP contribution in [0.25, 0.3) is 0 Å². The third-order valence-electron chi connectivity index (χ3n) is 4.07. The molecule has 0 aromatic heterocycles. The van der Waals surface area contributed by atoms with E-state index in [2.05, 4.69) is 0 Å². The van der Waals surface area contributed by atoms with Crippen molar-refractivity contribution in [2.75, 3.05) is 13.2 Å². The summed E-state index contributed by atoms with van der Waals surface area (Å²) in [6, 6.07) is 5.09. The number of benzene rings is 1. The lowest BCUT2D eigenvalue weighted by molar-refractivity contribution is -0.153. The van der Waals surface area contributed by atoms with E-state index in [-0.39, 0.29) is 24.6 Å². The fourth-order valence-corrected chi connectivity index (χ4v) is 3.06. The van der Waals surface area contributed by atoms with Crippen LogP contribution in [-0.4, -0.2) is 62.6 Å². The average Bonchev–Trinajstić information content (AvgIpc) is 2.91. The maximum atomic E-state index is 14.5. The smallest absolute Gasteiger partial charge is 0.411 e. The SMILES string of the molecule is CC(C)(C)OC(=O)N1C[C@](O)(CO)C[C@H]1C(=O)N(F)Cc1cccc(Cl)c1. The van der Waals surface area contributed by atoms with E-state index in [1.54, 1.807) is 39.0 Å². The van der Waals surface area contributed by atoms with E-state index >= 15 is 0 Å². The number of ether oxygens (including phenoxy) is 1. The van der Waals surface area contributed by atoms with Gasteiger partial charge < -0.3 is 14.9 Å². The summed E-state index contributed by atoms with van der Waals surface area (Å²) in [6.45, 7) is 3.58. The second-order valence-electron chi connectivity index (χ2n) is 7.70. The Kier molecular flexibility index (Phi) is 6.34. The van der Waals surface area contributed by atoms with Gasteiger partial charge in [-0.15, -0.1) is 0 Å². The molecule has 0 saturated carbocycles. The summed E-state index contributed by atoms with van der Waals surface area (Å²) in [5.74, 6) is -1.01. The number of hydrogen-bond acceptors (Lipinski definition) is 5. The number of halogens is 2. The molecule has 2 N–H and O–H groups in total. The fourth-order valence-electron chi connectivity index (χ4n) is 2.84. The van der Waals surface area contributed by atoms with Gasteiger partial charge in [0.1, 0.15) is 17.2 Å². The van der Waals surface area contributed by atoms with Crippen molar-refractivity contribution in [2.45, 2.75) is 51.0 Å². The Morgan fingerprint density at radius 1 is 1.44 bits per heavy atom. The summed E-state index contributed by atoms with van der Waals surface area (Å²) in [7, 11) is 0.